The van der Waals surface area contributed by atoms with Crippen molar-refractivity contribution >= 4 is 11.9 Å². The topological polar surface area (TPSA) is 77.8 Å². The number of aromatic carboxylic acids is 1. The quantitative estimate of drug-likeness (QED) is 0.450. The molecule has 5 nitrogen and oxygen atoms in total. The van der Waals surface area contributed by atoms with Crippen molar-refractivity contribution < 1.29 is 19.8 Å². The molecule has 1 aliphatic heterocycles. The number of aryl methyl sites for hydroxylation is 1. The molecule has 5 heteroatoms. The molecule has 0 spiro atoms. The zero-order chi connectivity index (χ0) is 21.9. The molecule has 1 saturated heterocycles. The van der Waals surface area contributed by atoms with Gasteiger partial charge in [0.25, 0.3) is 0 Å². The van der Waals surface area contributed by atoms with Crippen LogP contribution in [0.1, 0.15) is 68.3 Å². The number of carboxylic acids is 1. The summed E-state index contributed by atoms with van der Waals surface area (Å²) in [5.41, 5.74) is 1.25. The molecule has 1 unspecified atom stereocenters. The van der Waals surface area contributed by atoms with E-state index >= 15 is 0 Å². The maximum Gasteiger partial charge on any atom is 0.335 e. The molecule has 0 aromatic heterocycles. The number of hydrogen-bond acceptors (Lipinski definition) is 3. The summed E-state index contributed by atoms with van der Waals surface area (Å²) in [6, 6.07) is 6.94. The predicted molar refractivity (Wildman–Crippen MR) is 118 cm³/mol. The molecular weight excluding hydrogens is 378 g/mol. The second-order valence-electron chi connectivity index (χ2n) is 7.96. The van der Waals surface area contributed by atoms with Crippen molar-refractivity contribution in [1.29, 1.82) is 0 Å². The van der Waals surface area contributed by atoms with Gasteiger partial charge in [0, 0.05) is 25.8 Å². The standard InChI is InChI=1S/C25H33NO4/c1-3-4-5-6-9-19(2)23(27)15-13-22-14-16-24(28)26(22)17-8-11-20-10-7-12-21(18-20)25(29)30/h7,10,12-13,15,18-19,22-23,27H,3-4,8-9,11,14,16-17H2,1-2H3,(H,29,30)/b15-13+/t19-,22?,23+/m0/s1. The summed E-state index contributed by atoms with van der Waals surface area (Å²) in [6.07, 6.45) is 8.56. The van der Waals surface area contributed by atoms with Crippen LogP contribution in [0, 0.1) is 17.8 Å². The fraction of sp³-hybridized carbons (Fsp3) is 0.520. The minimum Gasteiger partial charge on any atom is -0.478 e. The minimum atomic E-state index is -0.930. The fourth-order valence-corrected chi connectivity index (χ4v) is 3.56. The summed E-state index contributed by atoms with van der Waals surface area (Å²) in [5.74, 6) is 5.49. The van der Waals surface area contributed by atoms with Crippen molar-refractivity contribution in [3.05, 3.63) is 47.5 Å². The average Bonchev–Trinajstić information content (AvgIpc) is 3.09. The number of nitrogens with zero attached hydrogens (tertiary/aromatic N) is 1. The fourth-order valence-electron chi connectivity index (χ4n) is 3.56. The van der Waals surface area contributed by atoms with E-state index in [1.165, 1.54) is 0 Å². The first-order valence-electron chi connectivity index (χ1n) is 10.9. The largest absolute Gasteiger partial charge is 0.478 e. The summed E-state index contributed by atoms with van der Waals surface area (Å²) in [6.45, 7) is 4.70. The van der Waals surface area contributed by atoms with E-state index in [2.05, 4.69) is 18.8 Å². The molecule has 1 aliphatic rings. The second-order valence-corrected chi connectivity index (χ2v) is 7.96. The summed E-state index contributed by atoms with van der Waals surface area (Å²) in [7, 11) is 0. The van der Waals surface area contributed by atoms with E-state index in [-0.39, 0.29) is 23.4 Å². The summed E-state index contributed by atoms with van der Waals surface area (Å²) in [5, 5.41) is 19.5. The third-order valence-electron chi connectivity index (χ3n) is 5.45. The third kappa shape index (κ3) is 7.35. The molecule has 1 fully saturated rings. The van der Waals surface area contributed by atoms with Crippen molar-refractivity contribution in [1.82, 2.24) is 4.90 Å². The predicted octanol–water partition coefficient (Wildman–Crippen LogP) is 4.06. The molecule has 1 amide bonds. The lowest BCUT2D eigenvalue weighted by Gasteiger charge is -2.23. The van der Waals surface area contributed by atoms with Crippen molar-refractivity contribution in [2.24, 2.45) is 5.92 Å². The van der Waals surface area contributed by atoms with Gasteiger partial charge in [0.2, 0.25) is 5.91 Å². The molecule has 1 aromatic carbocycles. The van der Waals surface area contributed by atoms with E-state index in [4.69, 9.17) is 5.11 Å². The summed E-state index contributed by atoms with van der Waals surface area (Å²) in [4.78, 5) is 25.3. The van der Waals surface area contributed by atoms with Gasteiger partial charge in [0.15, 0.2) is 0 Å². The first-order chi connectivity index (χ1) is 14.4. The Bertz CT molecular complexity index is 805. The Kier molecular flexibility index (Phi) is 9.63. The zero-order valence-electron chi connectivity index (χ0n) is 18.0. The second kappa shape index (κ2) is 12.2. The molecule has 162 valence electrons. The number of hydrogen-bond donors (Lipinski definition) is 2. The SMILES string of the molecule is CCCC#CC[C@H](C)[C@H](O)/C=C/C1CCC(=O)N1CCCc1cccc(C(=O)O)c1. The lowest BCUT2D eigenvalue weighted by atomic mass is 9.99. The van der Waals surface area contributed by atoms with Gasteiger partial charge in [-0.05, 0) is 49.3 Å². The van der Waals surface area contributed by atoms with Gasteiger partial charge in [0.1, 0.15) is 0 Å². The van der Waals surface area contributed by atoms with Gasteiger partial charge in [-0.15, -0.1) is 11.8 Å². The van der Waals surface area contributed by atoms with Crippen LogP contribution in [-0.4, -0.2) is 45.7 Å². The van der Waals surface area contributed by atoms with Crippen LogP contribution in [0.2, 0.25) is 0 Å². The van der Waals surface area contributed by atoms with Crippen molar-refractivity contribution in [3.63, 3.8) is 0 Å². The highest BCUT2D eigenvalue weighted by atomic mass is 16.4. The highest BCUT2D eigenvalue weighted by Gasteiger charge is 2.28. The van der Waals surface area contributed by atoms with E-state index in [1.54, 1.807) is 24.3 Å². The number of aliphatic hydroxyl groups excluding tert-OH is 1. The molecule has 30 heavy (non-hydrogen) atoms. The first kappa shape index (κ1) is 23.7. The Morgan fingerprint density at radius 3 is 2.90 bits per heavy atom. The van der Waals surface area contributed by atoms with Crippen LogP contribution in [0.3, 0.4) is 0 Å². The summed E-state index contributed by atoms with van der Waals surface area (Å²) < 4.78 is 0. The van der Waals surface area contributed by atoms with Crippen molar-refractivity contribution in [2.45, 2.75) is 70.9 Å². The van der Waals surface area contributed by atoms with Gasteiger partial charge in [-0.1, -0.05) is 38.1 Å². The molecule has 2 N–H and O–H groups in total. The average molecular weight is 412 g/mol. The first-order valence-corrected chi connectivity index (χ1v) is 10.9. The van der Waals surface area contributed by atoms with Crippen LogP contribution in [0.4, 0.5) is 0 Å². The lowest BCUT2D eigenvalue weighted by molar-refractivity contribution is -0.128. The Balaban J connectivity index is 1.86. The van der Waals surface area contributed by atoms with Gasteiger partial charge in [-0.25, -0.2) is 4.79 Å². The van der Waals surface area contributed by atoms with Crippen molar-refractivity contribution in [3.8, 4) is 11.8 Å². The minimum absolute atomic E-state index is 0.0101. The van der Waals surface area contributed by atoms with Crippen LogP contribution >= 0.6 is 0 Å². The Hall–Kier alpha value is -2.58. The van der Waals surface area contributed by atoms with Gasteiger partial charge in [0.05, 0.1) is 17.7 Å². The molecule has 1 aromatic rings. The van der Waals surface area contributed by atoms with Crippen LogP contribution in [0.5, 0.6) is 0 Å². The molecule has 1 heterocycles. The van der Waals surface area contributed by atoms with Crippen LogP contribution < -0.4 is 0 Å². The van der Waals surface area contributed by atoms with E-state index < -0.39 is 12.1 Å². The lowest BCUT2D eigenvalue weighted by Crippen LogP contribution is -2.33. The smallest absolute Gasteiger partial charge is 0.335 e. The molecule has 0 radical (unpaired) electrons. The Labute approximate surface area is 179 Å². The number of amides is 1. The zero-order valence-corrected chi connectivity index (χ0v) is 18.0. The highest BCUT2D eigenvalue weighted by molar-refractivity contribution is 5.87. The van der Waals surface area contributed by atoms with Crippen LogP contribution in [0.15, 0.2) is 36.4 Å². The van der Waals surface area contributed by atoms with E-state index in [9.17, 15) is 14.7 Å². The molecule has 0 aliphatic carbocycles. The maximum absolute atomic E-state index is 12.3. The van der Waals surface area contributed by atoms with Gasteiger partial charge < -0.3 is 15.1 Å². The van der Waals surface area contributed by atoms with Crippen LogP contribution in [-0.2, 0) is 11.2 Å². The highest BCUT2D eigenvalue weighted by Crippen LogP contribution is 2.22. The van der Waals surface area contributed by atoms with E-state index in [0.29, 0.717) is 19.4 Å². The van der Waals surface area contributed by atoms with Gasteiger partial charge >= 0.3 is 5.97 Å². The Morgan fingerprint density at radius 2 is 2.17 bits per heavy atom. The summed E-state index contributed by atoms with van der Waals surface area (Å²) >= 11 is 0. The van der Waals surface area contributed by atoms with Crippen LogP contribution in [0.25, 0.3) is 0 Å². The Morgan fingerprint density at radius 1 is 1.37 bits per heavy atom. The number of rotatable bonds is 10. The molecule has 0 saturated carbocycles. The van der Waals surface area contributed by atoms with Gasteiger partial charge in [-0.2, -0.15) is 0 Å². The number of carboxylic acid groups (broad SMARTS) is 1. The van der Waals surface area contributed by atoms with E-state index in [1.807, 2.05) is 24.0 Å². The van der Waals surface area contributed by atoms with Gasteiger partial charge in [-0.3, -0.25) is 4.79 Å². The third-order valence-corrected chi connectivity index (χ3v) is 5.45. The normalized spacial score (nSPS) is 18.3. The number of aliphatic hydroxyl groups is 1. The van der Waals surface area contributed by atoms with E-state index in [0.717, 1.165) is 37.7 Å². The number of carbonyl (C=O) groups excluding carboxylic acids is 1. The molecule has 3 atom stereocenters. The monoisotopic (exact) mass is 411 g/mol. The number of carbonyl (C=O) groups is 2. The molecule has 0 bridgehead atoms. The van der Waals surface area contributed by atoms with Crippen molar-refractivity contribution in [2.75, 3.05) is 6.54 Å². The number of likely N-dealkylation sites (tertiary alicyclic amines) is 1. The number of benzene rings is 1. The number of unbranched alkanes of at least 4 members (excludes halogenated alkanes) is 1. The maximum atomic E-state index is 12.3. The molecule has 2 rings (SSSR count). The molecular formula is C25H33NO4.